The molecular formula is C10H19O2-. The predicted molar refractivity (Wildman–Crippen MR) is 49.5 cm³/mol. The number of ether oxygens (including phenoxy) is 1. The lowest BCUT2D eigenvalue weighted by molar-refractivity contribution is 0.118. The summed E-state index contributed by atoms with van der Waals surface area (Å²) < 4.78 is 4.68. The van der Waals surface area contributed by atoms with E-state index >= 15 is 0 Å². The Bertz CT molecular complexity index is 132. The van der Waals surface area contributed by atoms with Gasteiger partial charge in [-0.2, -0.15) is 0 Å². The van der Waals surface area contributed by atoms with Crippen LogP contribution in [0.2, 0.25) is 0 Å². The second-order valence-electron chi connectivity index (χ2n) is 4.13. The smallest absolute Gasteiger partial charge is 0.0536 e. The first-order valence-corrected chi connectivity index (χ1v) is 4.53. The van der Waals surface area contributed by atoms with Crippen LogP contribution in [0.25, 0.3) is 0 Å². The molecule has 0 spiro atoms. The third-order valence-electron chi connectivity index (χ3n) is 2.23. The fraction of sp³-hybridized carbons (Fsp3) is 0.900. The molecule has 2 heteroatoms. The van der Waals surface area contributed by atoms with Crippen LogP contribution in [-0.4, -0.2) is 13.1 Å². The average Bonchev–Trinajstić information content (AvgIpc) is 2.00. The van der Waals surface area contributed by atoms with E-state index in [9.17, 15) is 4.79 Å². The highest BCUT2D eigenvalue weighted by molar-refractivity contribution is 5.38. The van der Waals surface area contributed by atoms with Crippen molar-refractivity contribution >= 4 is 6.47 Å². The van der Waals surface area contributed by atoms with Crippen LogP contribution in [0, 0.1) is 11.3 Å². The Balaban J connectivity index is 3.94. The molecule has 0 heterocycles. The number of carbonyl (C=O) groups excluding carboxylic acids is 1. The maximum atomic E-state index is 9.91. The maximum absolute atomic E-state index is 9.91. The average molecular weight is 171 g/mol. The van der Waals surface area contributed by atoms with Gasteiger partial charge >= 0.3 is 0 Å². The van der Waals surface area contributed by atoms with E-state index in [2.05, 4.69) is 32.4 Å². The molecule has 0 aromatic rings. The Hall–Kier alpha value is -0.530. The van der Waals surface area contributed by atoms with Crippen molar-refractivity contribution in [1.29, 1.82) is 0 Å². The van der Waals surface area contributed by atoms with Gasteiger partial charge in [-0.15, -0.1) is 0 Å². The maximum Gasteiger partial charge on any atom is 0.0536 e. The highest BCUT2D eigenvalue weighted by Gasteiger charge is 2.22. The van der Waals surface area contributed by atoms with E-state index in [1.54, 1.807) is 0 Å². The summed E-state index contributed by atoms with van der Waals surface area (Å²) in [5.74, 6) is 0.644. The van der Waals surface area contributed by atoms with Crippen molar-refractivity contribution < 1.29 is 9.53 Å². The largest absolute Gasteiger partial charge is 0.652 e. The first kappa shape index (κ1) is 11.5. The summed E-state index contributed by atoms with van der Waals surface area (Å²) in [5.41, 5.74) is 0.131. The lowest BCUT2D eigenvalue weighted by Gasteiger charge is -2.31. The minimum absolute atomic E-state index is 0.131. The first-order chi connectivity index (χ1) is 5.54. The minimum Gasteiger partial charge on any atom is -0.652 e. The van der Waals surface area contributed by atoms with Gasteiger partial charge in [-0.1, -0.05) is 34.2 Å². The molecule has 0 aliphatic heterocycles. The number of hydrogen-bond donors (Lipinski definition) is 0. The Morgan fingerprint density at radius 1 is 1.50 bits per heavy atom. The zero-order valence-corrected chi connectivity index (χ0v) is 8.52. The van der Waals surface area contributed by atoms with Crippen LogP contribution < -0.4 is 0 Å². The van der Waals surface area contributed by atoms with E-state index in [0.29, 0.717) is 12.5 Å². The SMILES string of the molecule is CCC(C)(CO[C-]=O)CC(C)C. The Kier molecular flexibility index (Phi) is 4.95. The molecule has 2 nitrogen and oxygen atoms in total. The molecular weight excluding hydrogens is 152 g/mol. The fourth-order valence-electron chi connectivity index (χ4n) is 1.49. The molecule has 0 radical (unpaired) electrons. The Morgan fingerprint density at radius 2 is 2.08 bits per heavy atom. The van der Waals surface area contributed by atoms with Crippen molar-refractivity contribution in [3.8, 4) is 0 Å². The van der Waals surface area contributed by atoms with Crippen LogP contribution in [0.4, 0.5) is 0 Å². The third-order valence-corrected chi connectivity index (χ3v) is 2.23. The van der Waals surface area contributed by atoms with Crippen molar-refractivity contribution in [2.75, 3.05) is 6.61 Å². The standard InChI is InChI=1S/C10H19O2/c1-5-10(4,6-9(2)3)7-12-8-11/h9H,5-7H2,1-4H3/q-1. The molecule has 0 rings (SSSR count). The molecule has 0 bridgehead atoms. The zero-order valence-electron chi connectivity index (χ0n) is 8.52. The minimum atomic E-state index is 0.131. The van der Waals surface area contributed by atoms with Gasteiger partial charge in [0.1, 0.15) is 0 Å². The quantitative estimate of drug-likeness (QED) is 0.574. The molecule has 0 N–H and O–H groups in total. The lowest BCUT2D eigenvalue weighted by atomic mass is 9.80. The van der Waals surface area contributed by atoms with E-state index in [1.165, 1.54) is 6.47 Å². The molecule has 12 heavy (non-hydrogen) atoms. The zero-order chi connectivity index (χ0) is 9.61. The highest BCUT2D eigenvalue weighted by atomic mass is 16.5. The number of rotatable bonds is 6. The van der Waals surface area contributed by atoms with Gasteiger partial charge in [-0.3, -0.25) is 0 Å². The summed E-state index contributed by atoms with van der Waals surface area (Å²) in [6.07, 6.45) is 2.12. The van der Waals surface area contributed by atoms with E-state index in [0.717, 1.165) is 12.8 Å². The van der Waals surface area contributed by atoms with Gasteiger partial charge in [0.25, 0.3) is 0 Å². The van der Waals surface area contributed by atoms with Crippen LogP contribution >= 0.6 is 0 Å². The molecule has 0 fully saturated rings. The van der Waals surface area contributed by atoms with Gasteiger partial charge in [0, 0.05) is 0 Å². The van der Waals surface area contributed by atoms with Crippen LogP contribution in [0.3, 0.4) is 0 Å². The molecule has 0 saturated heterocycles. The molecule has 1 atom stereocenters. The summed E-state index contributed by atoms with van der Waals surface area (Å²) in [6.45, 7) is 10.6. The Labute approximate surface area is 75.3 Å². The highest BCUT2D eigenvalue weighted by Crippen LogP contribution is 2.29. The van der Waals surface area contributed by atoms with Crippen molar-refractivity contribution in [3.63, 3.8) is 0 Å². The topological polar surface area (TPSA) is 26.3 Å². The van der Waals surface area contributed by atoms with Crippen molar-refractivity contribution in [1.82, 2.24) is 0 Å². The molecule has 1 unspecified atom stereocenters. The predicted octanol–water partition coefficient (Wildman–Crippen LogP) is 2.53. The molecule has 0 aliphatic carbocycles. The molecule has 0 amide bonds. The number of hydrogen-bond acceptors (Lipinski definition) is 2. The van der Waals surface area contributed by atoms with Crippen molar-refractivity contribution in [3.05, 3.63) is 0 Å². The van der Waals surface area contributed by atoms with Gasteiger partial charge in [-0.25, -0.2) is 0 Å². The Morgan fingerprint density at radius 3 is 2.42 bits per heavy atom. The monoisotopic (exact) mass is 171 g/mol. The van der Waals surface area contributed by atoms with Crippen molar-refractivity contribution in [2.24, 2.45) is 11.3 Å². The van der Waals surface area contributed by atoms with Gasteiger partial charge in [-0.05, 0) is 24.2 Å². The van der Waals surface area contributed by atoms with E-state index in [1.807, 2.05) is 0 Å². The van der Waals surface area contributed by atoms with E-state index in [-0.39, 0.29) is 5.41 Å². The normalized spacial score (nSPS) is 15.8. The summed E-state index contributed by atoms with van der Waals surface area (Å²) >= 11 is 0. The van der Waals surface area contributed by atoms with Gasteiger partial charge in [0.15, 0.2) is 0 Å². The van der Waals surface area contributed by atoms with E-state index < -0.39 is 0 Å². The van der Waals surface area contributed by atoms with Crippen LogP contribution in [0.5, 0.6) is 0 Å². The van der Waals surface area contributed by atoms with E-state index in [4.69, 9.17) is 0 Å². The first-order valence-electron chi connectivity index (χ1n) is 4.53. The molecule has 0 aromatic carbocycles. The molecule has 72 valence electrons. The second-order valence-corrected chi connectivity index (χ2v) is 4.13. The van der Waals surface area contributed by atoms with Gasteiger partial charge in [0.2, 0.25) is 0 Å². The van der Waals surface area contributed by atoms with Crippen LogP contribution in [0.1, 0.15) is 40.5 Å². The summed E-state index contributed by atoms with van der Waals surface area (Å²) in [6, 6.07) is 0. The van der Waals surface area contributed by atoms with Crippen LogP contribution in [-0.2, 0) is 9.53 Å². The summed E-state index contributed by atoms with van der Waals surface area (Å²) in [4.78, 5) is 9.91. The third kappa shape index (κ3) is 4.37. The lowest BCUT2D eigenvalue weighted by Crippen LogP contribution is -2.24. The van der Waals surface area contributed by atoms with Gasteiger partial charge < -0.3 is 9.53 Å². The summed E-state index contributed by atoms with van der Waals surface area (Å²) in [5, 5.41) is 0. The fourth-order valence-corrected chi connectivity index (χ4v) is 1.49. The molecule has 0 saturated carbocycles. The van der Waals surface area contributed by atoms with Crippen LogP contribution in [0.15, 0.2) is 0 Å². The van der Waals surface area contributed by atoms with Gasteiger partial charge in [0.05, 0.1) is 6.61 Å². The van der Waals surface area contributed by atoms with Crippen molar-refractivity contribution in [2.45, 2.75) is 40.5 Å². The second kappa shape index (κ2) is 5.18. The molecule has 0 aliphatic rings. The summed E-state index contributed by atoms with van der Waals surface area (Å²) in [7, 11) is 0. The molecule has 0 aromatic heterocycles.